The van der Waals surface area contributed by atoms with Gasteiger partial charge in [0.2, 0.25) is 5.91 Å². The second-order valence-corrected chi connectivity index (χ2v) is 5.93. The molecule has 3 rings (SSSR count). The number of aryl methyl sites for hydroxylation is 1. The molecule has 0 radical (unpaired) electrons. The van der Waals surface area contributed by atoms with E-state index in [1.807, 2.05) is 49.4 Å². The first-order valence-corrected chi connectivity index (χ1v) is 8.03. The third kappa shape index (κ3) is 3.86. The Morgan fingerprint density at radius 1 is 0.960 bits per heavy atom. The van der Waals surface area contributed by atoms with Gasteiger partial charge in [-0.25, -0.2) is 4.79 Å². The molecule has 4 heteroatoms. The highest BCUT2D eigenvalue weighted by atomic mass is 16.5. The molecule has 0 bridgehead atoms. The van der Waals surface area contributed by atoms with Crippen molar-refractivity contribution in [2.75, 3.05) is 12.4 Å². The van der Waals surface area contributed by atoms with E-state index in [0.29, 0.717) is 17.7 Å². The first-order chi connectivity index (χ1) is 12.1. The third-order valence-corrected chi connectivity index (χ3v) is 4.10. The molecule has 126 valence electrons. The van der Waals surface area contributed by atoms with E-state index in [0.717, 1.165) is 21.9 Å². The van der Waals surface area contributed by atoms with Crippen molar-refractivity contribution in [3.8, 4) is 0 Å². The number of carbonyl (C=O) groups excluding carboxylic acids is 2. The molecular weight excluding hydrogens is 314 g/mol. The lowest BCUT2D eigenvalue weighted by Crippen LogP contribution is -2.15. The summed E-state index contributed by atoms with van der Waals surface area (Å²) in [4.78, 5) is 23.9. The summed E-state index contributed by atoms with van der Waals surface area (Å²) in [6.07, 6.45) is 0.295. The highest BCUT2D eigenvalue weighted by Crippen LogP contribution is 2.19. The Morgan fingerprint density at radius 2 is 1.72 bits per heavy atom. The fourth-order valence-corrected chi connectivity index (χ4v) is 2.78. The maximum Gasteiger partial charge on any atom is 0.337 e. The second-order valence-electron chi connectivity index (χ2n) is 5.93. The van der Waals surface area contributed by atoms with E-state index in [1.54, 1.807) is 18.2 Å². The second kappa shape index (κ2) is 7.18. The number of methoxy groups -OCH3 is 1. The van der Waals surface area contributed by atoms with Crippen molar-refractivity contribution in [3.05, 3.63) is 77.4 Å². The van der Waals surface area contributed by atoms with Crippen molar-refractivity contribution in [2.24, 2.45) is 0 Å². The summed E-state index contributed by atoms with van der Waals surface area (Å²) < 4.78 is 4.70. The minimum absolute atomic E-state index is 0.0933. The lowest BCUT2D eigenvalue weighted by atomic mass is 10.0. The Kier molecular flexibility index (Phi) is 4.80. The molecule has 0 saturated heterocycles. The molecule has 0 unspecified atom stereocenters. The monoisotopic (exact) mass is 333 g/mol. The van der Waals surface area contributed by atoms with Crippen LogP contribution in [0.3, 0.4) is 0 Å². The predicted molar refractivity (Wildman–Crippen MR) is 98.8 cm³/mol. The first kappa shape index (κ1) is 16.7. The zero-order valence-corrected chi connectivity index (χ0v) is 14.2. The van der Waals surface area contributed by atoms with Gasteiger partial charge in [-0.3, -0.25) is 4.79 Å². The highest BCUT2D eigenvalue weighted by Gasteiger charge is 2.10. The van der Waals surface area contributed by atoms with E-state index in [4.69, 9.17) is 4.74 Å². The van der Waals surface area contributed by atoms with Gasteiger partial charge in [-0.05, 0) is 47.0 Å². The molecule has 0 fully saturated rings. The van der Waals surface area contributed by atoms with Crippen LogP contribution in [0.5, 0.6) is 0 Å². The summed E-state index contributed by atoms with van der Waals surface area (Å²) in [5.74, 6) is -0.485. The zero-order chi connectivity index (χ0) is 17.8. The third-order valence-electron chi connectivity index (χ3n) is 4.10. The minimum atomic E-state index is -0.392. The lowest BCUT2D eigenvalue weighted by Gasteiger charge is -2.10. The first-order valence-electron chi connectivity index (χ1n) is 8.03. The number of hydrogen-bond donors (Lipinski definition) is 1. The van der Waals surface area contributed by atoms with Crippen LogP contribution in [0.2, 0.25) is 0 Å². The molecule has 0 spiro atoms. The number of amides is 1. The van der Waals surface area contributed by atoms with Crippen molar-refractivity contribution in [1.82, 2.24) is 0 Å². The van der Waals surface area contributed by atoms with E-state index < -0.39 is 5.97 Å². The normalized spacial score (nSPS) is 10.5. The molecule has 0 aliphatic rings. The molecule has 0 saturated carbocycles. The minimum Gasteiger partial charge on any atom is -0.465 e. The van der Waals surface area contributed by atoms with Crippen LogP contribution < -0.4 is 5.32 Å². The summed E-state index contributed by atoms with van der Waals surface area (Å²) in [7, 11) is 1.34. The lowest BCUT2D eigenvalue weighted by molar-refractivity contribution is -0.115. The van der Waals surface area contributed by atoms with E-state index >= 15 is 0 Å². The zero-order valence-electron chi connectivity index (χ0n) is 14.2. The highest BCUT2D eigenvalue weighted by molar-refractivity contribution is 5.95. The number of esters is 1. The summed E-state index contributed by atoms with van der Waals surface area (Å²) in [6.45, 7) is 1.85. The summed E-state index contributed by atoms with van der Waals surface area (Å²) in [5, 5.41) is 5.17. The van der Waals surface area contributed by atoms with Crippen molar-refractivity contribution in [1.29, 1.82) is 0 Å². The van der Waals surface area contributed by atoms with Crippen molar-refractivity contribution in [3.63, 3.8) is 0 Å². The molecular formula is C21H19NO3. The molecule has 0 aliphatic carbocycles. The standard InChI is InChI=1S/C21H19NO3/c1-14-11-18(21(24)25-2)9-10-19(14)22-20(23)13-15-7-8-16-5-3-4-6-17(16)12-15/h3-12H,13H2,1-2H3,(H,22,23). The number of benzene rings is 3. The quantitative estimate of drug-likeness (QED) is 0.731. The topological polar surface area (TPSA) is 55.4 Å². The molecule has 3 aromatic rings. The molecule has 4 nitrogen and oxygen atoms in total. The number of fused-ring (bicyclic) bond motifs is 1. The summed E-state index contributed by atoms with van der Waals surface area (Å²) in [6, 6.07) is 19.2. The van der Waals surface area contributed by atoms with Crippen LogP contribution in [-0.2, 0) is 16.0 Å². The molecule has 1 amide bonds. The van der Waals surface area contributed by atoms with Crippen molar-refractivity contribution >= 4 is 28.3 Å². The number of nitrogens with one attached hydrogen (secondary N) is 1. The van der Waals surface area contributed by atoms with Crippen LogP contribution >= 0.6 is 0 Å². The van der Waals surface area contributed by atoms with E-state index in [9.17, 15) is 9.59 Å². The van der Waals surface area contributed by atoms with Gasteiger partial charge >= 0.3 is 5.97 Å². The summed E-state index contributed by atoms with van der Waals surface area (Å²) >= 11 is 0. The number of rotatable bonds is 4. The van der Waals surface area contributed by atoms with Gasteiger partial charge in [0.05, 0.1) is 19.1 Å². The van der Waals surface area contributed by atoms with Gasteiger partial charge in [0.25, 0.3) is 0 Å². The van der Waals surface area contributed by atoms with Gasteiger partial charge in [0.1, 0.15) is 0 Å². The molecule has 3 aromatic carbocycles. The number of anilines is 1. The van der Waals surface area contributed by atoms with Crippen molar-refractivity contribution < 1.29 is 14.3 Å². The van der Waals surface area contributed by atoms with Gasteiger partial charge in [-0.1, -0.05) is 42.5 Å². The van der Waals surface area contributed by atoms with Crippen LogP contribution in [0.1, 0.15) is 21.5 Å². The van der Waals surface area contributed by atoms with E-state index in [-0.39, 0.29) is 5.91 Å². The Morgan fingerprint density at radius 3 is 2.44 bits per heavy atom. The van der Waals surface area contributed by atoms with Gasteiger partial charge in [0.15, 0.2) is 0 Å². The van der Waals surface area contributed by atoms with E-state index in [2.05, 4.69) is 5.32 Å². The molecule has 1 N–H and O–H groups in total. The van der Waals surface area contributed by atoms with Crippen LogP contribution in [0.25, 0.3) is 10.8 Å². The number of ether oxygens (including phenoxy) is 1. The molecule has 0 atom stereocenters. The average molecular weight is 333 g/mol. The van der Waals surface area contributed by atoms with E-state index in [1.165, 1.54) is 7.11 Å². The fourth-order valence-electron chi connectivity index (χ4n) is 2.78. The van der Waals surface area contributed by atoms with Gasteiger partial charge < -0.3 is 10.1 Å². The molecule has 25 heavy (non-hydrogen) atoms. The fraction of sp³-hybridized carbons (Fsp3) is 0.143. The maximum absolute atomic E-state index is 12.3. The Labute approximate surface area is 146 Å². The van der Waals surface area contributed by atoms with Crippen LogP contribution in [-0.4, -0.2) is 19.0 Å². The smallest absolute Gasteiger partial charge is 0.337 e. The molecule has 0 heterocycles. The van der Waals surface area contributed by atoms with Gasteiger partial charge in [-0.2, -0.15) is 0 Å². The van der Waals surface area contributed by atoms with Gasteiger partial charge in [0, 0.05) is 5.69 Å². The van der Waals surface area contributed by atoms with Crippen molar-refractivity contribution in [2.45, 2.75) is 13.3 Å². The Bertz CT molecular complexity index is 947. The SMILES string of the molecule is COC(=O)c1ccc(NC(=O)Cc2ccc3ccccc3c2)c(C)c1. The van der Waals surface area contributed by atoms with Crippen LogP contribution in [0.15, 0.2) is 60.7 Å². The number of carbonyl (C=O) groups is 2. The maximum atomic E-state index is 12.3. The molecule has 0 aromatic heterocycles. The largest absolute Gasteiger partial charge is 0.465 e. The van der Waals surface area contributed by atoms with Crippen LogP contribution in [0.4, 0.5) is 5.69 Å². The predicted octanol–water partition coefficient (Wildman–Crippen LogP) is 4.12. The average Bonchev–Trinajstić information content (AvgIpc) is 2.62. The Hall–Kier alpha value is -3.14. The number of hydrogen-bond acceptors (Lipinski definition) is 3. The molecule has 0 aliphatic heterocycles. The summed E-state index contributed by atoms with van der Waals surface area (Å²) in [5.41, 5.74) is 2.93. The van der Waals surface area contributed by atoms with Gasteiger partial charge in [-0.15, -0.1) is 0 Å². The van der Waals surface area contributed by atoms with Crippen LogP contribution in [0, 0.1) is 6.92 Å². The Balaban J connectivity index is 1.72.